The average Bonchev–Trinajstić information content (AvgIpc) is 3.03. The van der Waals surface area contributed by atoms with Crippen molar-refractivity contribution >= 4 is 18.3 Å². The summed E-state index contributed by atoms with van der Waals surface area (Å²) in [5, 5.41) is 8.84. The van der Waals surface area contributed by atoms with Crippen molar-refractivity contribution in [2.24, 2.45) is 5.73 Å². The normalized spacial score (nSPS) is 16.2. The molecule has 0 radical (unpaired) electrons. The van der Waals surface area contributed by atoms with E-state index in [0.29, 0.717) is 19.5 Å². The van der Waals surface area contributed by atoms with Crippen molar-refractivity contribution in [3.63, 3.8) is 0 Å². The molecule has 3 rings (SSSR count). The molecule has 1 atom stereocenters. The van der Waals surface area contributed by atoms with Crippen LogP contribution in [0.2, 0.25) is 0 Å². The van der Waals surface area contributed by atoms with Crippen molar-refractivity contribution in [3.8, 4) is 0 Å². The lowest BCUT2D eigenvalue weighted by molar-refractivity contribution is -0.131. The van der Waals surface area contributed by atoms with Crippen LogP contribution in [-0.4, -0.2) is 48.0 Å². The van der Waals surface area contributed by atoms with Crippen LogP contribution in [0.25, 0.3) is 0 Å². The van der Waals surface area contributed by atoms with E-state index >= 15 is 0 Å². The number of hydrogen-bond donors (Lipinski definition) is 1. The van der Waals surface area contributed by atoms with Gasteiger partial charge >= 0.3 is 5.69 Å². The molecular formula is C18H30ClN7O2. The van der Waals surface area contributed by atoms with Gasteiger partial charge in [0.2, 0.25) is 5.91 Å². The number of nitrogens with two attached hydrogens (primary N) is 1. The minimum Gasteiger partial charge on any atom is -0.338 e. The van der Waals surface area contributed by atoms with E-state index in [4.69, 9.17) is 5.73 Å². The fourth-order valence-corrected chi connectivity index (χ4v) is 3.46. The number of aromatic nitrogens is 5. The largest absolute Gasteiger partial charge is 0.346 e. The summed E-state index contributed by atoms with van der Waals surface area (Å²) in [5.41, 5.74) is 7.67. The monoisotopic (exact) mass is 411 g/mol. The molecule has 0 saturated carbocycles. The number of carbonyl (C=O) groups excluding carboxylic acids is 1. The van der Waals surface area contributed by atoms with Crippen molar-refractivity contribution < 1.29 is 4.79 Å². The highest BCUT2D eigenvalue weighted by atomic mass is 35.5. The molecule has 0 aliphatic carbocycles. The minimum absolute atomic E-state index is 0. The third-order valence-corrected chi connectivity index (χ3v) is 4.99. The number of nitrogens with zero attached hydrogens (tertiary/aromatic N) is 6. The third kappa shape index (κ3) is 4.82. The van der Waals surface area contributed by atoms with Gasteiger partial charge in [-0.3, -0.25) is 14.0 Å². The van der Waals surface area contributed by atoms with Crippen LogP contribution in [0.1, 0.15) is 43.4 Å². The first-order valence-corrected chi connectivity index (χ1v) is 9.58. The molecule has 0 fully saturated rings. The number of rotatable bonds is 6. The maximum absolute atomic E-state index is 12.6. The third-order valence-electron chi connectivity index (χ3n) is 4.99. The summed E-state index contributed by atoms with van der Waals surface area (Å²) in [5.74, 6) is 0.573. The predicted octanol–water partition coefficient (Wildman–Crippen LogP) is 0.704. The van der Waals surface area contributed by atoms with Gasteiger partial charge in [-0.2, -0.15) is 10.2 Å². The van der Waals surface area contributed by atoms with Gasteiger partial charge in [-0.05, 0) is 32.3 Å². The van der Waals surface area contributed by atoms with Gasteiger partial charge in [-0.15, -0.1) is 12.4 Å². The maximum Gasteiger partial charge on any atom is 0.346 e. The summed E-state index contributed by atoms with van der Waals surface area (Å²) in [6, 6.07) is 2.09. The Morgan fingerprint density at radius 1 is 1.32 bits per heavy atom. The summed E-state index contributed by atoms with van der Waals surface area (Å²) < 4.78 is 4.87. The molecule has 0 saturated heterocycles. The molecule has 0 spiro atoms. The smallest absolute Gasteiger partial charge is 0.338 e. The summed E-state index contributed by atoms with van der Waals surface area (Å²) in [6.45, 7) is 5.83. The number of fused-ring (bicyclic) bond motifs is 1. The van der Waals surface area contributed by atoms with Crippen LogP contribution in [-0.2, 0) is 37.4 Å². The van der Waals surface area contributed by atoms with Crippen molar-refractivity contribution in [3.05, 3.63) is 33.8 Å². The Kier molecular flexibility index (Phi) is 7.42. The van der Waals surface area contributed by atoms with Crippen molar-refractivity contribution in [2.75, 3.05) is 7.05 Å². The quantitative estimate of drug-likeness (QED) is 0.753. The van der Waals surface area contributed by atoms with E-state index in [-0.39, 0.29) is 36.6 Å². The Morgan fingerprint density at radius 3 is 2.79 bits per heavy atom. The molecule has 3 heterocycles. The molecule has 1 aliphatic heterocycles. The molecule has 1 unspecified atom stereocenters. The van der Waals surface area contributed by atoms with E-state index < -0.39 is 0 Å². The van der Waals surface area contributed by atoms with Gasteiger partial charge in [0.1, 0.15) is 12.4 Å². The van der Waals surface area contributed by atoms with E-state index in [1.54, 1.807) is 16.5 Å². The van der Waals surface area contributed by atoms with Crippen molar-refractivity contribution in [1.29, 1.82) is 0 Å². The molecule has 28 heavy (non-hydrogen) atoms. The fraction of sp³-hybridized carbons (Fsp3) is 0.667. The summed E-state index contributed by atoms with van der Waals surface area (Å²) >= 11 is 0. The van der Waals surface area contributed by atoms with E-state index in [1.165, 1.54) is 4.68 Å². The predicted molar refractivity (Wildman–Crippen MR) is 108 cm³/mol. The average molecular weight is 412 g/mol. The van der Waals surface area contributed by atoms with Crippen LogP contribution in [0.3, 0.4) is 0 Å². The molecule has 0 aromatic carbocycles. The summed E-state index contributed by atoms with van der Waals surface area (Å²) in [4.78, 5) is 26.8. The minimum atomic E-state index is -0.229. The summed E-state index contributed by atoms with van der Waals surface area (Å²) in [7, 11) is 1.74. The number of amides is 1. The number of halogens is 1. The van der Waals surface area contributed by atoms with Gasteiger partial charge in [-0.25, -0.2) is 9.48 Å². The highest BCUT2D eigenvalue weighted by molar-refractivity contribution is 5.85. The molecule has 156 valence electrons. The number of likely N-dealkylation sites (N-methyl/N-ethyl adjacent to an activating group) is 1. The van der Waals surface area contributed by atoms with Crippen LogP contribution in [0.15, 0.2) is 10.9 Å². The molecule has 10 heteroatoms. The highest BCUT2D eigenvalue weighted by Crippen LogP contribution is 2.11. The van der Waals surface area contributed by atoms with E-state index in [1.807, 2.05) is 17.7 Å². The summed E-state index contributed by atoms with van der Waals surface area (Å²) in [6.07, 6.45) is 3.21. The van der Waals surface area contributed by atoms with Crippen LogP contribution < -0.4 is 11.4 Å². The van der Waals surface area contributed by atoms with Crippen molar-refractivity contribution in [1.82, 2.24) is 29.0 Å². The number of aryl methyl sites for hydroxylation is 3. The Balaban J connectivity index is 0.00000280. The molecule has 0 bridgehead atoms. The lowest BCUT2D eigenvalue weighted by atomic mass is 10.1. The molecular weight excluding hydrogens is 382 g/mol. The number of carbonyl (C=O) groups is 1. The van der Waals surface area contributed by atoms with Crippen LogP contribution in [0, 0.1) is 6.92 Å². The van der Waals surface area contributed by atoms with Gasteiger partial charge < -0.3 is 10.6 Å². The van der Waals surface area contributed by atoms with Crippen LogP contribution >= 0.6 is 12.4 Å². The van der Waals surface area contributed by atoms with Crippen LogP contribution in [0.4, 0.5) is 0 Å². The molecule has 2 aromatic heterocycles. The first kappa shape index (κ1) is 22.2. The molecule has 2 aromatic rings. The second-order valence-corrected chi connectivity index (χ2v) is 7.35. The first-order valence-electron chi connectivity index (χ1n) is 9.58. The zero-order chi connectivity index (χ0) is 19.6. The van der Waals surface area contributed by atoms with Crippen LogP contribution in [0.5, 0.6) is 0 Å². The Morgan fingerprint density at radius 2 is 2.07 bits per heavy atom. The zero-order valence-corrected chi connectivity index (χ0v) is 17.6. The standard InChI is InChI=1S/C18H29N7O2.ClH/c1-4-8-24-15(10-13(2)20-24)11-22(3)17(26)12-25-18(27)23-9-7-14(19)5-6-16(23)21-25;/h10,14H,4-9,11-12,19H2,1-3H3;1H. The van der Waals surface area contributed by atoms with Crippen molar-refractivity contribution in [2.45, 2.75) is 71.8 Å². The second-order valence-electron chi connectivity index (χ2n) is 7.35. The van der Waals surface area contributed by atoms with Gasteiger partial charge in [0.05, 0.1) is 17.9 Å². The van der Waals surface area contributed by atoms with Gasteiger partial charge in [0, 0.05) is 32.6 Å². The Hall–Kier alpha value is -2.13. The fourth-order valence-electron chi connectivity index (χ4n) is 3.46. The van der Waals surface area contributed by atoms with Gasteiger partial charge in [0.15, 0.2) is 0 Å². The highest BCUT2D eigenvalue weighted by Gasteiger charge is 2.21. The topological polar surface area (TPSA) is 104 Å². The van der Waals surface area contributed by atoms with E-state index in [2.05, 4.69) is 17.1 Å². The Bertz CT molecular complexity index is 870. The Labute approximate surface area is 170 Å². The molecule has 9 nitrogen and oxygen atoms in total. The second kappa shape index (κ2) is 9.38. The number of hydrogen-bond acceptors (Lipinski definition) is 5. The zero-order valence-electron chi connectivity index (χ0n) is 16.8. The van der Waals surface area contributed by atoms with E-state index in [0.717, 1.165) is 43.0 Å². The van der Waals surface area contributed by atoms with Gasteiger partial charge in [0.25, 0.3) is 0 Å². The lowest BCUT2D eigenvalue weighted by Gasteiger charge is -2.17. The maximum atomic E-state index is 12.6. The molecule has 2 N–H and O–H groups in total. The first-order chi connectivity index (χ1) is 12.9. The SMILES string of the molecule is CCCn1nc(C)cc1CN(C)C(=O)Cn1nc2n(c1=O)CCC(N)CC2.Cl. The molecule has 1 amide bonds. The molecule has 1 aliphatic rings. The lowest BCUT2D eigenvalue weighted by Crippen LogP contribution is -2.35. The van der Waals surface area contributed by atoms with E-state index in [9.17, 15) is 9.59 Å². The van der Waals surface area contributed by atoms with Gasteiger partial charge in [-0.1, -0.05) is 6.92 Å².